The molecule has 1 aromatic rings. The van der Waals surface area contributed by atoms with Crippen LogP contribution in [0.5, 0.6) is 0 Å². The molecule has 0 radical (unpaired) electrons. The predicted octanol–water partition coefficient (Wildman–Crippen LogP) is 3.47. The third-order valence-corrected chi connectivity index (χ3v) is 4.43. The summed E-state index contributed by atoms with van der Waals surface area (Å²) in [6.07, 6.45) is 6.02. The standard InChI is InChI=1S/C14H22N2S/c1-10-6-7-11(8-10)16-13-4-3-5-14(17-2)12(13)9-15/h3-5,10-11,16H,6-9,15H2,1-2H3. The molecule has 2 rings (SSSR count). The first-order chi connectivity index (χ1) is 8.24. The molecule has 0 saturated heterocycles. The summed E-state index contributed by atoms with van der Waals surface area (Å²) in [6.45, 7) is 2.95. The molecule has 1 saturated carbocycles. The van der Waals surface area contributed by atoms with Gasteiger partial charge in [-0.25, -0.2) is 0 Å². The van der Waals surface area contributed by atoms with Crippen LogP contribution in [0.15, 0.2) is 23.1 Å². The Labute approximate surface area is 108 Å². The van der Waals surface area contributed by atoms with Gasteiger partial charge in [-0.2, -0.15) is 0 Å². The van der Waals surface area contributed by atoms with Crippen molar-refractivity contribution in [3.05, 3.63) is 23.8 Å². The maximum Gasteiger partial charge on any atom is 0.0399 e. The first-order valence-corrected chi connectivity index (χ1v) is 7.59. The minimum atomic E-state index is 0.613. The molecule has 2 nitrogen and oxygen atoms in total. The Morgan fingerprint density at radius 1 is 1.41 bits per heavy atom. The lowest BCUT2D eigenvalue weighted by atomic mass is 10.1. The van der Waals surface area contributed by atoms with Crippen molar-refractivity contribution >= 4 is 17.4 Å². The smallest absolute Gasteiger partial charge is 0.0399 e. The van der Waals surface area contributed by atoms with Gasteiger partial charge in [-0.3, -0.25) is 0 Å². The van der Waals surface area contributed by atoms with E-state index in [1.807, 2.05) is 0 Å². The van der Waals surface area contributed by atoms with E-state index in [1.165, 1.54) is 35.4 Å². The Balaban J connectivity index is 2.14. The van der Waals surface area contributed by atoms with E-state index in [0.717, 1.165) is 5.92 Å². The molecule has 0 spiro atoms. The highest BCUT2D eigenvalue weighted by molar-refractivity contribution is 7.98. The van der Waals surface area contributed by atoms with E-state index in [9.17, 15) is 0 Å². The zero-order valence-electron chi connectivity index (χ0n) is 10.7. The van der Waals surface area contributed by atoms with Crippen molar-refractivity contribution in [2.24, 2.45) is 11.7 Å². The highest BCUT2D eigenvalue weighted by Gasteiger charge is 2.21. The van der Waals surface area contributed by atoms with Crippen LogP contribution in [0.25, 0.3) is 0 Å². The maximum absolute atomic E-state index is 5.88. The van der Waals surface area contributed by atoms with E-state index in [2.05, 4.69) is 36.7 Å². The summed E-state index contributed by atoms with van der Waals surface area (Å²) in [6, 6.07) is 7.05. The molecule has 0 heterocycles. The van der Waals surface area contributed by atoms with Gasteiger partial charge in [-0.1, -0.05) is 13.0 Å². The van der Waals surface area contributed by atoms with Crippen LogP contribution in [0.4, 0.5) is 5.69 Å². The van der Waals surface area contributed by atoms with Gasteiger partial charge in [0, 0.05) is 28.7 Å². The Hall–Kier alpha value is -0.670. The first kappa shape index (κ1) is 12.8. The molecule has 0 aliphatic heterocycles. The number of hydrogen-bond donors (Lipinski definition) is 2. The third kappa shape index (κ3) is 2.96. The number of nitrogens with two attached hydrogens (primary N) is 1. The van der Waals surface area contributed by atoms with Gasteiger partial charge in [-0.15, -0.1) is 11.8 Å². The van der Waals surface area contributed by atoms with E-state index < -0.39 is 0 Å². The molecule has 1 fully saturated rings. The fraction of sp³-hybridized carbons (Fsp3) is 0.571. The normalized spacial score (nSPS) is 23.9. The number of hydrogen-bond acceptors (Lipinski definition) is 3. The van der Waals surface area contributed by atoms with Gasteiger partial charge < -0.3 is 11.1 Å². The van der Waals surface area contributed by atoms with Crippen molar-refractivity contribution in [3.63, 3.8) is 0 Å². The summed E-state index contributed by atoms with van der Waals surface area (Å²) in [5.74, 6) is 0.859. The first-order valence-electron chi connectivity index (χ1n) is 6.37. The maximum atomic E-state index is 5.88. The monoisotopic (exact) mass is 250 g/mol. The molecule has 0 amide bonds. The number of thioether (sulfide) groups is 1. The Kier molecular flexibility index (Phi) is 4.35. The lowest BCUT2D eigenvalue weighted by Crippen LogP contribution is -2.17. The second-order valence-corrected chi connectivity index (χ2v) is 5.80. The SMILES string of the molecule is CSc1cccc(NC2CCC(C)C2)c1CN. The Bertz CT molecular complexity index is 378. The van der Waals surface area contributed by atoms with Crippen molar-refractivity contribution in [3.8, 4) is 0 Å². The summed E-state index contributed by atoms with van der Waals surface area (Å²) in [5.41, 5.74) is 8.37. The second kappa shape index (κ2) is 5.78. The minimum Gasteiger partial charge on any atom is -0.382 e. The third-order valence-electron chi connectivity index (χ3n) is 3.61. The van der Waals surface area contributed by atoms with E-state index in [4.69, 9.17) is 5.73 Å². The molecule has 0 aromatic heterocycles. The van der Waals surface area contributed by atoms with Crippen LogP contribution in [0.1, 0.15) is 31.7 Å². The number of benzene rings is 1. The van der Waals surface area contributed by atoms with Gasteiger partial charge in [0.2, 0.25) is 0 Å². The van der Waals surface area contributed by atoms with Gasteiger partial charge in [-0.05, 0) is 43.6 Å². The van der Waals surface area contributed by atoms with E-state index >= 15 is 0 Å². The van der Waals surface area contributed by atoms with Gasteiger partial charge in [0.05, 0.1) is 0 Å². The molecule has 1 aromatic carbocycles. The van der Waals surface area contributed by atoms with Crippen LogP contribution in [-0.2, 0) is 6.54 Å². The highest BCUT2D eigenvalue weighted by atomic mass is 32.2. The summed E-state index contributed by atoms with van der Waals surface area (Å²) >= 11 is 1.77. The zero-order chi connectivity index (χ0) is 12.3. The van der Waals surface area contributed by atoms with Gasteiger partial charge >= 0.3 is 0 Å². The highest BCUT2D eigenvalue weighted by Crippen LogP contribution is 2.31. The summed E-state index contributed by atoms with van der Waals surface area (Å²) in [4.78, 5) is 1.29. The summed E-state index contributed by atoms with van der Waals surface area (Å²) in [5, 5.41) is 3.67. The van der Waals surface area contributed by atoms with E-state index in [1.54, 1.807) is 11.8 Å². The molecular weight excluding hydrogens is 228 g/mol. The lowest BCUT2D eigenvalue weighted by Gasteiger charge is -2.18. The zero-order valence-corrected chi connectivity index (χ0v) is 11.5. The van der Waals surface area contributed by atoms with Crippen LogP contribution in [-0.4, -0.2) is 12.3 Å². The van der Waals surface area contributed by atoms with Crippen LogP contribution in [0, 0.1) is 5.92 Å². The molecule has 2 atom stereocenters. The van der Waals surface area contributed by atoms with Crippen molar-refractivity contribution < 1.29 is 0 Å². The number of nitrogens with one attached hydrogen (secondary N) is 1. The van der Waals surface area contributed by atoms with Crippen LogP contribution in [0.2, 0.25) is 0 Å². The van der Waals surface area contributed by atoms with E-state index in [-0.39, 0.29) is 0 Å². The summed E-state index contributed by atoms with van der Waals surface area (Å²) < 4.78 is 0. The van der Waals surface area contributed by atoms with Crippen LogP contribution < -0.4 is 11.1 Å². The van der Waals surface area contributed by atoms with Gasteiger partial charge in [0.1, 0.15) is 0 Å². The number of anilines is 1. The molecule has 3 N–H and O–H groups in total. The molecule has 2 unspecified atom stereocenters. The van der Waals surface area contributed by atoms with Gasteiger partial charge in [0.25, 0.3) is 0 Å². The fourth-order valence-electron chi connectivity index (χ4n) is 2.66. The quantitative estimate of drug-likeness (QED) is 0.804. The molecule has 94 valence electrons. The average molecular weight is 250 g/mol. The molecule has 1 aliphatic rings. The van der Waals surface area contributed by atoms with Gasteiger partial charge in [0.15, 0.2) is 0 Å². The molecule has 17 heavy (non-hydrogen) atoms. The lowest BCUT2D eigenvalue weighted by molar-refractivity contribution is 0.602. The van der Waals surface area contributed by atoms with E-state index in [0.29, 0.717) is 12.6 Å². The van der Waals surface area contributed by atoms with Crippen molar-refractivity contribution in [1.82, 2.24) is 0 Å². The molecule has 1 aliphatic carbocycles. The fourth-order valence-corrected chi connectivity index (χ4v) is 3.32. The van der Waals surface area contributed by atoms with Crippen molar-refractivity contribution in [2.45, 2.75) is 43.7 Å². The molecular formula is C14H22N2S. The topological polar surface area (TPSA) is 38.0 Å². The second-order valence-electron chi connectivity index (χ2n) is 4.95. The minimum absolute atomic E-state index is 0.613. The van der Waals surface area contributed by atoms with Crippen molar-refractivity contribution in [2.75, 3.05) is 11.6 Å². The summed E-state index contributed by atoms with van der Waals surface area (Å²) in [7, 11) is 0. The average Bonchev–Trinajstić information content (AvgIpc) is 2.74. The molecule has 3 heteroatoms. The number of rotatable bonds is 4. The van der Waals surface area contributed by atoms with Crippen molar-refractivity contribution in [1.29, 1.82) is 0 Å². The Morgan fingerprint density at radius 3 is 2.82 bits per heavy atom. The Morgan fingerprint density at radius 2 is 2.24 bits per heavy atom. The van der Waals surface area contributed by atoms with Crippen LogP contribution in [0.3, 0.4) is 0 Å². The molecule has 0 bridgehead atoms. The van der Waals surface area contributed by atoms with Crippen LogP contribution >= 0.6 is 11.8 Å². The largest absolute Gasteiger partial charge is 0.382 e. The predicted molar refractivity (Wildman–Crippen MR) is 76.5 cm³/mol.